The van der Waals surface area contributed by atoms with E-state index in [4.69, 9.17) is 4.74 Å². The lowest BCUT2D eigenvalue weighted by Crippen LogP contribution is -2.48. The Morgan fingerprint density at radius 3 is 2.24 bits per heavy atom. The standard InChI is InChI=1S/C16H23NO6S2/c1-3-23-16(18)15-7-5-6-12-17(15)25(21,22)14-10-8-13(9-11-14)24(19,20)4-2/h8-11,15H,3-7,12H2,1-2H3. The van der Waals surface area contributed by atoms with Gasteiger partial charge in [-0.15, -0.1) is 0 Å². The molecule has 140 valence electrons. The Bertz CT molecular complexity index is 815. The van der Waals surface area contributed by atoms with E-state index in [2.05, 4.69) is 0 Å². The van der Waals surface area contributed by atoms with Crippen LogP contribution in [0.25, 0.3) is 0 Å². The first kappa shape index (κ1) is 19.9. The molecule has 9 heteroatoms. The normalized spacial score (nSPS) is 19.5. The first-order chi connectivity index (χ1) is 11.7. The molecule has 1 aromatic carbocycles. The van der Waals surface area contributed by atoms with Gasteiger partial charge in [-0.05, 0) is 50.5 Å². The number of hydrogen-bond acceptors (Lipinski definition) is 6. The third-order valence-electron chi connectivity index (χ3n) is 4.18. The molecule has 0 N–H and O–H groups in total. The van der Waals surface area contributed by atoms with Gasteiger partial charge in [0.05, 0.1) is 22.2 Å². The summed E-state index contributed by atoms with van der Waals surface area (Å²) in [5.41, 5.74) is 0. The topological polar surface area (TPSA) is 97.8 Å². The lowest BCUT2D eigenvalue weighted by atomic mass is 10.1. The van der Waals surface area contributed by atoms with Gasteiger partial charge in [-0.1, -0.05) is 6.92 Å². The second-order valence-electron chi connectivity index (χ2n) is 5.75. The molecular formula is C16H23NO6S2. The second kappa shape index (κ2) is 7.84. The molecule has 1 saturated heterocycles. The maximum absolute atomic E-state index is 12.9. The molecule has 1 aliphatic heterocycles. The van der Waals surface area contributed by atoms with E-state index < -0.39 is 31.9 Å². The minimum atomic E-state index is -3.91. The molecule has 1 atom stereocenters. The number of carbonyl (C=O) groups is 1. The van der Waals surface area contributed by atoms with Gasteiger partial charge in [0.15, 0.2) is 9.84 Å². The second-order valence-corrected chi connectivity index (χ2v) is 9.92. The summed E-state index contributed by atoms with van der Waals surface area (Å²) in [6, 6.07) is 4.28. The van der Waals surface area contributed by atoms with E-state index in [0.29, 0.717) is 12.8 Å². The average Bonchev–Trinajstić information content (AvgIpc) is 2.62. The maximum Gasteiger partial charge on any atom is 0.324 e. The van der Waals surface area contributed by atoms with Crippen molar-refractivity contribution in [2.45, 2.75) is 48.9 Å². The number of sulfone groups is 1. The zero-order valence-corrected chi connectivity index (χ0v) is 16.0. The first-order valence-electron chi connectivity index (χ1n) is 8.25. The van der Waals surface area contributed by atoms with Gasteiger partial charge in [-0.2, -0.15) is 4.31 Å². The van der Waals surface area contributed by atoms with Crippen molar-refractivity contribution in [2.75, 3.05) is 18.9 Å². The van der Waals surface area contributed by atoms with E-state index in [9.17, 15) is 21.6 Å². The van der Waals surface area contributed by atoms with Crippen LogP contribution < -0.4 is 0 Å². The molecule has 0 aromatic heterocycles. The van der Waals surface area contributed by atoms with Crippen LogP contribution in [0.15, 0.2) is 34.1 Å². The van der Waals surface area contributed by atoms with Crippen LogP contribution in [0.5, 0.6) is 0 Å². The monoisotopic (exact) mass is 389 g/mol. The van der Waals surface area contributed by atoms with Crippen molar-refractivity contribution in [3.63, 3.8) is 0 Å². The zero-order chi connectivity index (χ0) is 18.7. The summed E-state index contributed by atoms with van der Waals surface area (Å²) in [4.78, 5) is 12.2. The molecule has 25 heavy (non-hydrogen) atoms. The fourth-order valence-corrected chi connectivity index (χ4v) is 5.32. The lowest BCUT2D eigenvalue weighted by Gasteiger charge is -2.32. The van der Waals surface area contributed by atoms with Crippen molar-refractivity contribution in [1.29, 1.82) is 0 Å². The van der Waals surface area contributed by atoms with Crippen LogP contribution in [0.4, 0.5) is 0 Å². The minimum absolute atomic E-state index is 0.0289. The SMILES string of the molecule is CCOC(=O)C1CCCCN1S(=O)(=O)c1ccc(S(=O)(=O)CC)cc1. The summed E-state index contributed by atoms with van der Waals surface area (Å²) >= 11 is 0. The molecule has 0 amide bonds. The van der Waals surface area contributed by atoms with Crippen LogP contribution in [0.3, 0.4) is 0 Å². The van der Waals surface area contributed by atoms with Gasteiger partial charge in [0.2, 0.25) is 10.0 Å². The smallest absolute Gasteiger partial charge is 0.324 e. The summed E-state index contributed by atoms with van der Waals surface area (Å²) in [6.07, 6.45) is 1.83. The van der Waals surface area contributed by atoms with E-state index >= 15 is 0 Å². The number of carbonyl (C=O) groups excluding carboxylic acids is 1. The molecule has 1 fully saturated rings. The quantitative estimate of drug-likeness (QED) is 0.685. The summed E-state index contributed by atoms with van der Waals surface area (Å²) in [5, 5.41) is 0. The first-order valence-corrected chi connectivity index (χ1v) is 11.3. The Morgan fingerprint density at radius 1 is 1.08 bits per heavy atom. The molecule has 0 saturated carbocycles. The number of rotatable bonds is 6. The van der Waals surface area contributed by atoms with Gasteiger partial charge in [-0.3, -0.25) is 4.79 Å². The van der Waals surface area contributed by atoms with E-state index in [1.807, 2.05) is 0 Å². The average molecular weight is 389 g/mol. The van der Waals surface area contributed by atoms with Crippen LogP contribution in [0.2, 0.25) is 0 Å². The van der Waals surface area contributed by atoms with Crippen molar-refractivity contribution in [3.05, 3.63) is 24.3 Å². The molecule has 0 aliphatic carbocycles. The fraction of sp³-hybridized carbons (Fsp3) is 0.562. The van der Waals surface area contributed by atoms with Crippen LogP contribution in [0.1, 0.15) is 33.1 Å². The molecule has 7 nitrogen and oxygen atoms in total. The van der Waals surface area contributed by atoms with Gasteiger partial charge in [0.25, 0.3) is 0 Å². The van der Waals surface area contributed by atoms with Crippen LogP contribution in [-0.4, -0.2) is 52.1 Å². The Kier molecular flexibility index (Phi) is 6.23. The van der Waals surface area contributed by atoms with Crippen LogP contribution >= 0.6 is 0 Å². The molecule has 1 unspecified atom stereocenters. The highest BCUT2D eigenvalue weighted by Crippen LogP contribution is 2.27. The van der Waals surface area contributed by atoms with E-state index in [1.54, 1.807) is 6.92 Å². The van der Waals surface area contributed by atoms with Crippen LogP contribution in [-0.2, 0) is 29.4 Å². The van der Waals surface area contributed by atoms with Crippen molar-refractivity contribution < 1.29 is 26.4 Å². The number of piperidine rings is 1. The predicted molar refractivity (Wildman–Crippen MR) is 92.3 cm³/mol. The molecule has 0 radical (unpaired) electrons. The summed E-state index contributed by atoms with van der Waals surface area (Å²) in [7, 11) is -7.31. The van der Waals surface area contributed by atoms with Crippen LogP contribution in [0, 0.1) is 0 Å². The highest BCUT2D eigenvalue weighted by molar-refractivity contribution is 7.91. The van der Waals surface area contributed by atoms with Crippen molar-refractivity contribution in [2.24, 2.45) is 0 Å². The Labute approximate surface area is 148 Å². The van der Waals surface area contributed by atoms with Crippen molar-refractivity contribution >= 4 is 25.8 Å². The summed E-state index contributed by atoms with van der Waals surface area (Å²) < 4.78 is 55.7. The van der Waals surface area contributed by atoms with Crippen molar-refractivity contribution in [1.82, 2.24) is 4.31 Å². The third-order valence-corrected chi connectivity index (χ3v) is 7.85. The number of ether oxygens (including phenoxy) is 1. The Morgan fingerprint density at radius 2 is 1.68 bits per heavy atom. The zero-order valence-electron chi connectivity index (χ0n) is 14.3. The molecule has 1 aromatic rings. The Balaban J connectivity index is 2.34. The molecule has 2 rings (SSSR count). The maximum atomic E-state index is 12.9. The number of sulfonamides is 1. The largest absolute Gasteiger partial charge is 0.465 e. The number of benzene rings is 1. The summed E-state index contributed by atoms with van der Waals surface area (Å²) in [6.45, 7) is 3.62. The van der Waals surface area contributed by atoms with Gasteiger partial charge in [0, 0.05) is 6.54 Å². The van der Waals surface area contributed by atoms with E-state index in [-0.39, 0.29) is 28.7 Å². The molecular weight excluding hydrogens is 366 g/mol. The van der Waals surface area contributed by atoms with Gasteiger partial charge >= 0.3 is 5.97 Å². The van der Waals surface area contributed by atoms with E-state index in [1.165, 1.54) is 31.2 Å². The Hall–Kier alpha value is -1.45. The number of hydrogen-bond donors (Lipinski definition) is 0. The summed E-state index contributed by atoms with van der Waals surface area (Å²) in [5.74, 6) is -0.605. The van der Waals surface area contributed by atoms with E-state index in [0.717, 1.165) is 10.7 Å². The fourth-order valence-electron chi connectivity index (χ4n) is 2.79. The number of nitrogens with zero attached hydrogens (tertiary/aromatic N) is 1. The van der Waals surface area contributed by atoms with Gasteiger partial charge in [0.1, 0.15) is 6.04 Å². The molecule has 1 heterocycles. The highest BCUT2D eigenvalue weighted by atomic mass is 32.2. The lowest BCUT2D eigenvalue weighted by molar-refractivity contribution is -0.148. The molecule has 0 bridgehead atoms. The van der Waals surface area contributed by atoms with Gasteiger partial charge in [-0.25, -0.2) is 16.8 Å². The van der Waals surface area contributed by atoms with Gasteiger partial charge < -0.3 is 4.74 Å². The minimum Gasteiger partial charge on any atom is -0.465 e. The highest BCUT2D eigenvalue weighted by Gasteiger charge is 2.38. The molecule has 0 spiro atoms. The van der Waals surface area contributed by atoms with Crippen molar-refractivity contribution in [3.8, 4) is 0 Å². The molecule has 1 aliphatic rings. The third kappa shape index (κ3) is 4.21. The number of esters is 1. The predicted octanol–water partition coefficient (Wildman–Crippen LogP) is 1.59.